The molecular weight excluding hydrogens is 448 g/mol. The number of rotatable bonds is 4. The van der Waals surface area contributed by atoms with E-state index in [1.54, 1.807) is 39.1 Å². The van der Waals surface area contributed by atoms with Crippen molar-refractivity contribution in [1.29, 1.82) is 0 Å². The van der Waals surface area contributed by atoms with Crippen molar-refractivity contribution in [2.75, 3.05) is 23.9 Å². The quantitative estimate of drug-likeness (QED) is 0.718. The molecule has 0 unspecified atom stereocenters. The number of amides is 2. The van der Waals surface area contributed by atoms with E-state index in [2.05, 4.69) is 26.6 Å². The lowest BCUT2D eigenvalue weighted by molar-refractivity contribution is -0.120. The SMILES string of the molecule is CC(C)Nc1cc(C(=O)N[C@H]2COc3ccc(Br)cc3N(C)C2=O)c(F)cc1F. The van der Waals surface area contributed by atoms with Crippen molar-refractivity contribution in [2.45, 2.75) is 25.9 Å². The Kier molecular flexibility index (Phi) is 6.07. The Morgan fingerprint density at radius 2 is 1.97 bits per heavy atom. The third-order valence-corrected chi connectivity index (χ3v) is 4.86. The molecule has 154 valence electrons. The van der Waals surface area contributed by atoms with E-state index in [1.807, 2.05) is 0 Å². The molecule has 0 saturated carbocycles. The van der Waals surface area contributed by atoms with Crippen LogP contribution in [0.4, 0.5) is 20.2 Å². The molecule has 1 aliphatic heterocycles. The maximum atomic E-state index is 14.2. The van der Waals surface area contributed by atoms with E-state index >= 15 is 0 Å². The molecule has 0 aromatic heterocycles. The average Bonchev–Trinajstić information content (AvgIpc) is 2.76. The second-order valence-corrected chi connectivity index (χ2v) is 7.87. The number of nitrogens with zero attached hydrogens (tertiary/aromatic N) is 1. The van der Waals surface area contributed by atoms with Crippen LogP contribution in [0.1, 0.15) is 24.2 Å². The molecule has 0 saturated heterocycles. The summed E-state index contributed by atoms with van der Waals surface area (Å²) in [6.07, 6.45) is 0. The number of halogens is 3. The van der Waals surface area contributed by atoms with Crippen LogP contribution >= 0.6 is 15.9 Å². The number of fused-ring (bicyclic) bond motifs is 1. The summed E-state index contributed by atoms with van der Waals surface area (Å²) in [4.78, 5) is 26.8. The van der Waals surface area contributed by atoms with E-state index < -0.39 is 29.5 Å². The predicted molar refractivity (Wildman–Crippen MR) is 109 cm³/mol. The summed E-state index contributed by atoms with van der Waals surface area (Å²) < 4.78 is 34.6. The largest absolute Gasteiger partial charge is 0.489 e. The smallest absolute Gasteiger partial charge is 0.255 e. The Balaban J connectivity index is 1.83. The topological polar surface area (TPSA) is 70.7 Å². The van der Waals surface area contributed by atoms with Gasteiger partial charge in [0.05, 0.1) is 16.9 Å². The molecular formula is C20H20BrF2N3O3. The van der Waals surface area contributed by atoms with Crippen LogP contribution < -0.4 is 20.3 Å². The van der Waals surface area contributed by atoms with Crippen molar-refractivity contribution in [3.8, 4) is 5.75 Å². The zero-order valence-electron chi connectivity index (χ0n) is 16.1. The van der Waals surface area contributed by atoms with Crippen molar-refractivity contribution in [2.24, 2.45) is 0 Å². The third-order valence-electron chi connectivity index (χ3n) is 4.37. The summed E-state index contributed by atoms with van der Waals surface area (Å²) in [6, 6.07) is 5.78. The van der Waals surface area contributed by atoms with Crippen LogP contribution in [0.2, 0.25) is 0 Å². The lowest BCUT2D eigenvalue weighted by Gasteiger charge is -2.21. The van der Waals surface area contributed by atoms with Crippen LogP contribution in [0.15, 0.2) is 34.8 Å². The number of carbonyl (C=O) groups excluding carboxylic acids is 2. The highest BCUT2D eigenvalue weighted by Gasteiger charge is 2.31. The molecule has 2 amide bonds. The first-order valence-electron chi connectivity index (χ1n) is 8.93. The summed E-state index contributed by atoms with van der Waals surface area (Å²) in [5.74, 6) is -2.59. The fraction of sp³-hybridized carbons (Fsp3) is 0.300. The lowest BCUT2D eigenvalue weighted by atomic mass is 10.1. The van der Waals surface area contributed by atoms with Crippen molar-refractivity contribution in [3.63, 3.8) is 0 Å². The van der Waals surface area contributed by atoms with E-state index in [1.165, 1.54) is 4.90 Å². The molecule has 2 N–H and O–H groups in total. The summed E-state index contributed by atoms with van der Waals surface area (Å²) in [6.45, 7) is 3.45. The molecule has 6 nitrogen and oxygen atoms in total. The number of hydrogen-bond donors (Lipinski definition) is 2. The predicted octanol–water partition coefficient (Wildman–Crippen LogP) is 3.70. The first-order valence-corrected chi connectivity index (χ1v) is 9.73. The van der Waals surface area contributed by atoms with E-state index in [4.69, 9.17) is 4.74 Å². The number of nitrogens with one attached hydrogen (secondary N) is 2. The maximum Gasteiger partial charge on any atom is 0.255 e. The Labute approximate surface area is 175 Å². The number of carbonyl (C=O) groups is 2. The number of benzene rings is 2. The van der Waals surface area contributed by atoms with Gasteiger partial charge in [-0.3, -0.25) is 9.59 Å². The van der Waals surface area contributed by atoms with Gasteiger partial charge in [-0.15, -0.1) is 0 Å². The third kappa shape index (κ3) is 4.50. The van der Waals surface area contributed by atoms with Crippen LogP contribution in [0.3, 0.4) is 0 Å². The minimum atomic E-state index is -1.04. The zero-order chi connectivity index (χ0) is 21.3. The van der Waals surface area contributed by atoms with Gasteiger partial charge in [0.25, 0.3) is 11.8 Å². The van der Waals surface area contributed by atoms with Crippen molar-refractivity contribution < 1.29 is 23.1 Å². The lowest BCUT2D eigenvalue weighted by Crippen LogP contribution is -2.49. The number of anilines is 2. The highest BCUT2D eigenvalue weighted by Crippen LogP contribution is 2.33. The van der Waals surface area contributed by atoms with Gasteiger partial charge in [-0.2, -0.15) is 0 Å². The molecule has 3 rings (SSSR count). The van der Waals surface area contributed by atoms with E-state index in [9.17, 15) is 18.4 Å². The Morgan fingerprint density at radius 3 is 2.66 bits per heavy atom. The van der Waals surface area contributed by atoms with Crippen LogP contribution in [0.25, 0.3) is 0 Å². The van der Waals surface area contributed by atoms with Crippen LogP contribution in [0.5, 0.6) is 5.75 Å². The van der Waals surface area contributed by atoms with Gasteiger partial charge in [0.2, 0.25) is 0 Å². The van der Waals surface area contributed by atoms with Gasteiger partial charge < -0.3 is 20.3 Å². The Hall–Kier alpha value is -2.68. The summed E-state index contributed by atoms with van der Waals surface area (Å²) >= 11 is 3.35. The second-order valence-electron chi connectivity index (χ2n) is 6.96. The second kappa shape index (κ2) is 8.36. The van der Waals surface area contributed by atoms with Gasteiger partial charge >= 0.3 is 0 Å². The Morgan fingerprint density at radius 1 is 1.24 bits per heavy atom. The molecule has 9 heteroatoms. The Bertz CT molecular complexity index is 968. The maximum absolute atomic E-state index is 14.2. The molecule has 0 aliphatic carbocycles. The summed E-state index contributed by atoms with van der Waals surface area (Å²) in [5, 5.41) is 5.30. The van der Waals surface area contributed by atoms with Gasteiger partial charge in [-0.25, -0.2) is 8.78 Å². The number of hydrogen-bond acceptors (Lipinski definition) is 4. The first kappa shape index (κ1) is 21.0. The molecule has 0 bridgehead atoms. The van der Waals surface area contributed by atoms with Crippen LogP contribution in [-0.4, -0.2) is 37.6 Å². The molecule has 1 heterocycles. The summed E-state index contributed by atoms with van der Waals surface area (Å²) in [5.41, 5.74) is 0.177. The van der Waals surface area contributed by atoms with Gasteiger partial charge in [-0.05, 0) is 38.1 Å². The zero-order valence-corrected chi connectivity index (χ0v) is 17.6. The normalized spacial score (nSPS) is 16.2. The highest BCUT2D eigenvalue weighted by atomic mass is 79.9. The number of ether oxygens (including phenoxy) is 1. The molecule has 1 atom stereocenters. The van der Waals surface area contributed by atoms with E-state index in [0.29, 0.717) is 17.5 Å². The molecule has 0 spiro atoms. The van der Waals surface area contributed by atoms with Gasteiger partial charge in [0, 0.05) is 23.6 Å². The summed E-state index contributed by atoms with van der Waals surface area (Å²) in [7, 11) is 1.56. The van der Waals surface area contributed by atoms with E-state index in [0.717, 1.165) is 10.5 Å². The van der Waals surface area contributed by atoms with Crippen LogP contribution in [-0.2, 0) is 4.79 Å². The van der Waals surface area contributed by atoms with E-state index in [-0.39, 0.29) is 23.9 Å². The highest BCUT2D eigenvalue weighted by molar-refractivity contribution is 9.10. The fourth-order valence-electron chi connectivity index (χ4n) is 2.96. The first-order chi connectivity index (χ1) is 13.7. The fourth-order valence-corrected chi connectivity index (χ4v) is 3.30. The average molecular weight is 468 g/mol. The monoisotopic (exact) mass is 467 g/mol. The standard InChI is InChI=1S/C20H20BrF2N3O3/c1-10(2)24-15-7-12(13(22)8-14(15)23)19(27)25-16-9-29-18-5-4-11(21)6-17(18)26(3)20(16)28/h4-8,10,16,24H,9H2,1-3H3,(H,25,27)/t16-/m0/s1. The van der Waals surface area contributed by atoms with Crippen LogP contribution in [0, 0.1) is 11.6 Å². The molecule has 0 radical (unpaired) electrons. The van der Waals surface area contributed by atoms with Crippen molar-refractivity contribution in [1.82, 2.24) is 5.32 Å². The molecule has 1 aliphatic rings. The van der Waals surface area contributed by atoms with Gasteiger partial charge in [-0.1, -0.05) is 15.9 Å². The van der Waals surface area contributed by atoms with Crippen molar-refractivity contribution in [3.05, 3.63) is 52.0 Å². The molecule has 2 aromatic rings. The minimum absolute atomic E-state index is 0.00404. The minimum Gasteiger partial charge on any atom is -0.489 e. The molecule has 0 fully saturated rings. The molecule has 29 heavy (non-hydrogen) atoms. The van der Waals surface area contributed by atoms with Gasteiger partial charge in [0.15, 0.2) is 0 Å². The van der Waals surface area contributed by atoms with Gasteiger partial charge in [0.1, 0.15) is 30.0 Å². The number of likely N-dealkylation sites (N-methyl/N-ethyl adjacent to an activating group) is 1. The molecule has 2 aromatic carbocycles. The van der Waals surface area contributed by atoms with Crippen molar-refractivity contribution >= 4 is 39.1 Å².